The van der Waals surface area contributed by atoms with Gasteiger partial charge in [0.2, 0.25) is 0 Å². The maximum Gasteiger partial charge on any atom is 0.419 e. The van der Waals surface area contributed by atoms with Crippen LogP contribution in [0.2, 0.25) is 0 Å². The normalized spacial score (nSPS) is 11.4. The predicted molar refractivity (Wildman–Crippen MR) is 75.3 cm³/mol. The van der Waals surface area contributed by atoms with E-state index in [1.165, 1.54) is 18.2 Å². The average Bonchev–Trinajstić information content (AvgIpc) is 2.45. The van der Waals surface area contributed by atoms with Crippen LogP contribution in [0.3, 0.4) is 0 Å². The second-order valence-corrected chi connectivity index (χ2v) is 4.52. The van der Waals surface area contributed by atoms with Gasteiger partial charge in [-0.05, 0) is 36.4 Å². The summed E-state index contributed by atoms with van der Waals surface area (Å²) in [7, 11) is 0. The van der Waals surface area contributed by atoms with Crippen molar-refractivity contribution in [1.29, 1.82) is 0 Å². The van der Waals surface area contributed by atoms with Crippen LogP contribution in [0.15, 0.2) is 48.5 Å². The lowest BCUT2D eigenvalue weighted by molar-refractivity contribution is -0.138. The maximum atomic E-state index is 12.9. The zero-order valence-corrected chi connectivity index (χ0v) is 11.6. The quantitative estimate of drug-likeness (QED) is 0.870. The smallest absolute Gasteiger partial charge is 0.419 e. The Kier molecular flexibility index (Phi) is 4.85. The fourth-order valence-corrected chi connectivity index (χ4v) is 1.91. The van der Waals surface area contributed by atoms with Gasteiger partial charge in [0.15, 0.2) is 0 Å². The topological polar surface area (TPSA) is 21.3 Å². The molecule has 0 atom stereocenters. The molecule has 112 valence electrons. The second kappa shape index (κ2) is 6.63. The molecule has 0 aliphatic heterocycles. The summed E-state index contributed by atoms with van der Waals surface area (Å²) in [6, 6.07) is 12.2. The summed E-state index contributed by atoms with van der Waals surface area (Å²) >= 11 is 0. The zero-order valence-electron chi connectivity index (χ0n) is 11.6. The van der Waals surface area contributed by atoms with E-state index in [1.54, 1.807) is 18.2 Å². The number of hydrogen-bond donors (Lipinski definition) is 1. The summed E-state index contributed by atoms with van der Waals surface area (Å²) in [5.41, 5.74) is 0.181. The van der Waals surface area contributed by atoms with Crippen molar-refractivity contribution in [2.45, 2.75) is 19.6 Å². The third kappa shape index (κ3) is 4.23. The molecule has 0 aliphatic rings. The highest BCUT2D eigenvalue weighted by Crippen LogP contribution is 2.37. The van der Waals surface area contributed by atoms with Crippen LogP contribution in [0, 0.1) is 0 Å². The summed E-state index contributed by atoms with van der Waals surface area (Å²) in [6.45, 7) is 3.45. The van der Waals surface area contributed by atoms with Crippen LogP contribution >= 0.6 is 0 Å². The average molecular weight is 295 g/mol. The zero-order chi connectivity index (χ0) is 15.3. The van der Waals surface area contributed by atoms with E-state index in [0.717, 1.165) is 18.2 Å². The molecule has 2 aromatic carbocycles. The van der Waals surface area contributed by atoms with Crippen LogP contribution in [0.5, 0.6) is 11.5 Å². The summed E-state index contributed by atoms with van der Waals surface area (Å²) in [6.07, 6.45) is -4.43. The molecule has 0 spiro atoms. The van der Waals surface area contributed by atoms with E-state index < -0.39 is 11.7 Å². The molecule has 5 heteroatoms. The molecule has 0 saturated heterocycles. The first-order valence-electron chi connectivity index (χ1n) is 6.64. The number of para-hydroxylation sites is 1. The van der Waals surface area contributed by atoms with Crippen molar-refractivity contribution in [3.05, 3.63) is 59.7 Å². The Morgan fingerprint density at radius 1 is 1.05 bits per heavy atom. The van der Waals surface area contributed by atoms with Crippen molar-refractivity contribution in [3.8, 4) is 11.5 Å². The summed E-state index contributed by atoms with van der Waals surface area (Å²) in [5.74, 6) is 0.202. The van der Waals surface area contributed by atoms with Gasteiger partial charge < -0.3 is 10.1 Å². The summed E-state index contributed by atoms with van der Waals surface area (Å²) in [4.78, 5) is 0. The number of ether oxygens (including phenoxy) is 1. The van der Waals surface area contributed by atoms with Gasteiger partial charge in [-0.3, -0.25) is 0 Å². The van der Waals surface area contributed by atoms with Crippen molar-refractivity contribution in [2.75, 3.05) is 6.54 Å². The number of halogens is 3. The third-order valence-corrected chi connectivity index (χ3v) is 2.90. The van der Waals surface area contributed by atoms with Crippen molar-refractivity contribution in [2.24, 2.45) is 0 Å². The van der Waals surface area contributed by atoms with Crippen LogP contribution in [0.25, 0.3) is 0 Å². The van der Waals surface area contributed by atoms with Gasteiger partial charge >= 0.3 is 6.18 Å². The summed E-state index contributed by atoms with van der Waals surface area (Å²) in [5, 5.41) is 3.16. The first-order valence-corrected chi connectivity index (χ1v) is 6.64. The van der Waals surface area contributed by atoms with E-state index in [4.69, 9.17) is 4.74 Å². The van der Waals surface area contributed by atoms with E-state index in [0.29, 0.717) is 12.3 Å². The third-order valence-electron chi connectivity index (χ3n) is 2.90. The van der Waals surface area contributed by atoms with Gasteiger partial charge in [0.25, 0.3) is 0 Å². The minimum atomic E-state index is -4.43. The number of nitrogens with one attached hydrogen (secondary N) is 1. The molecule has 0 radical (unpaired) electrons. The number of hydrogen-bond acceptors (Lipinski definition) is 2. The predicted octanol–water partition coefficient (Wildman–Crippen LogP) is 4.61. The molecular weight excluding hydrogens is 279 g/mol. The monoisotopic (exact) mass is 295 g/mol. The van der Waals surface area contributed by atoms with Crippen LogP contribution < -0.4 is 10.1 Å². The molecule has 0 aliphatic carbocycles. The van der Waals surface area contributed by atoms with Crippen molar-refractivity contribution in [1.82, 2.24) is 5.32 Å². The van der Waals surface area contributed by atoms with E-state index in [9.17, 15) is 13.2 Å². The van der Waals surface area contributed by atoms with E-state index in [1.807, 2.05) is 13.0 Å². The molecular formula is C16H16F3NO. The van der Waals surface area contributed by atoms with Crippen molar-refractivity contribution in [3.63, 3.8) is 0 Å². The molecule has 1 N–H and O–H groups in total. The first kappa shape index (κ1) is 15.4. The first-order chi connectivity index (χ1) is 10.0. The fourth-order valence-electron chi connectivity index (χ4n) is 1.91. The molecule has 21 heavy (non-hydrogen) atoms. The molecule has 0 amide bonds. The standard InChI is InChI=1S/C16H16F3NO/c1-2-20-11-12-6-5-7-13(10-12)21-15-9-4-3-8-14(15)16(17,18)19/h3-10,20H,2,11H2,1H3. The maximum absolute atomic E-state index is 12.9. The van der Waals surface area contributed by atoms with Gasteiger partial charge in [0.05, 0.1) is 5.56 Å². The van der Waals surface area contributed by atoms with Gasteiger partial charge in [-0.2, -0.15) is 13.2 Å². The molecule has 2 nitrogen and oxygen atoms in total. The van der Waals surface area contributed by atoms with E-state index >= 15 is 0 Å². The Bertz CT molecular complexity index is 596. The molecule has 0 unspecified atom stereocenters. The molecule has 0 aromatic heterocycles. The Morgan fingerprint density at radius 2 is 1.81 bits per heavy atom. The minimum Gasteiger partial charge on any atom is -0.457 e. The van der Waals surface area contributed by atoms with E-state index in [2.05, 4.69) is 5.32 Å². The Morgan fingerprint density at radius 3 is 2.52 bits per heavy atom. The lowest BCUT2D eigenvalue weighted by atomic mass is 10.2. The van der Waals surface area contributed by atoms with Gasteiger partial charge in [0.1, 0.15) is 11.5 Å². The lowest BCUT2D eigenvalue weighted by Gasteiger charge is -2.14. The van der Waals surface area contributed by atoms with Crippen LogP contribution in [-0.2, 0) is 12.7 Å². The van der Waals surface area contributed by atoms with Gasteiger partial charge in [-0.1, -0.05) is 31.2 Å². The number of alkyl halides is 3. The van der Waals surface area contributed by atoms with Gasteiger partial charge in [0, 0.05) is 6.54 Å². The number of rotatable bonds is 5. The Balaban J connectivity index is 2.23. The van der Waals surface area contributed by atoms with Crippen molar-refractivity contribution < 1.29 is 17.9 Å². The molecule has 0 fully saturated rings. The largest absolute Gasteiger partial charge is 0.457 e. The molecule has 0 saturated carbocycles. The second-order valence-electron chi connectivity index (χ2n) is 4.52. The molecule has 2 rings (SSSR count). The molecule has 0 heterocycles. The highest BCUT2D eigenvalue weighted by Gasteiger charge is 2.34. The number of benzene rings is 2. The van der Waals surface area contributed by atoms with Crippen molar-refractivity contribution >= 4 is 0 Å². The van der Waals surface area contributed by atoms with Crippen LogP contribution in [0.1, 0.15) is 18.1 Å². The van der Waals surface area contributed by atoms with Crippen LogP contribution in [-0.4, -0.2) is 6.54 Å². The fraction of sp³-hybridized carbons (Fsp3) is 0.250. The van der Waals surface area contributed by atoms with E-state index in [-0.39, 0.29) is 5.75 Å². The highest BCUT2D eigenvalue weighted by atomic mass is 19.4. The molecule has 2 aromatic rings. The summed E-state index contributed by atoms with van der Waals surface area (Å²) < 4.78 is 44.1. The Labute approximate surface area is 121 Å². The van der Waals surface area contributed by atoms with Gasteiger partial charge in [-0.15, -0.1) is 0 Å². The minimum absolute atomic E-state index is 0.189. The molecule has 0 bridgehead atoms. The van der Waals surface area contributed by atoms with Crippen LogP contribution in [0.4, 0.5) is 13.2 Å². The SMILES string of the molecule is CCNCc1cccc(Oc2ccccc2C(F)(F)F)c1. The Hall–Kier alpha value is -2.01. The lowest BCUT2D eigenvalue weighted by Crippen LogP contribution is -2.11. The highest BCUT2D eigenvalue weighted by molar-refractivity contribution is 5.40. The van der Waals surface area contributed by atoms with Gasteiger partial charge in [-0.25, -0.2) is 0 Å².